The summed E-state index contributed by atoms with van der Waals surface area (Å²) in [6.07, 6.45) is 13.4. The molecular weight excluding hydrogens is 252 g/mol. The molecule has 130 valence electrons. The molecule has 0 aromatic carbocycles. The molecule has 0 aromatic heterocycles. The van der Waals surface area contributed by atoms with Crippen molar-refractivity contribution in [3.8, 4) is 0 Å². The Balaban J connectivity index is -0.000000595. The first-order valence-corrected chi connectivity index (χ1v) is 9.39. The van der Waals surface area contributed by atoms with E-state index < -0.39 is 0 Å². The third-order valence-corrected chi connectivity index (χ3v) is 4.48. The summed E-state index contributed by atoms with van der Waals surface area (Å²) in [7, 11) is 0. The summed E-state index contributed by atoms with van der Waals surface area (Å²) in [5.74, 6) is 3.50. The summed E-state index contributed by atoms with van der Waals surface area (Å²) in [6.45, 7) is 17.5. The molecule has 1 rings (SSSR count). The molecule has 4 unspecified atom stereocenters. The number of hydrogen-bond acceptors (Lipinski definition) is 0. The van der Waals surface area contributed by atoms with Crippen LogP contribution in [0.2, 0.25) is 0 Å². The van der Waals surface area contributed by atoms with Crippen molar-refractivity contribution in [2.75, 3.05) is 0 Å². The van der Waals surface area contributed by atoms with Crippen molar-refractivity contribution in [2.45, 2.75) is 101 Å². The van der Waals surface area contributed by atoms with Crippen LogP contribution in [0.5, 0.6) is 0 Å². The van der Waals surface area contributed by atoms with Crippen molar-refractivity contribution in [1.82, 2.24) is 0 Å². The maximum Gasteiger partial charge on any atom is -0.0202 e. The van der Waals surface area contributed by atoms with Gasteiger partial charge in [0, 0.05) is 0 Å². The van der Waals surface area contributed by atoms with Crippen molar-refractivity contribution >= 4 is 0 Å². The highest BCUT2D eigenvalue weighted by atomic mass is 14.3. The fraction of sp³-hybridized carbons (Fsp3) is 0.905. The van der Waals surface area contributed by atoms with E-state index in [2.05, 4.69) is 39.8 Å². The van der Waals surface area contributed by atoms with Crippen LogP contribution in [0.15, 0.2) is 12.2 Å². The zero-order valence-electron chi connectivity index (χ0n) is 15.7. The number of rotatable bonds is 6. The molecular formula is C21H46. The topological polar surface area (TPSA) is 0 Å². The minimum Gasteiger partial charge on any atom is -0.0851 e. The Morgan fingerprint density at radius 2 is 1.33 bits per heavy atom. The largest absolute Gasteiger partial charge is 0.0851 e. The van der Waals surface area contributed by atoms with E-state index in [1.807, 2.05) is 27.7 Å². The Hall–Kier alpha value is -0.260. The average Bonchev–Trinajstić information content (AvgIpc) is 2.50. The molecule has 0 spiro atoms. The van der Waals surface area contributed by atoms with E-state index in [4.69, 9.17) is 0 Å². The van der Waals surface area contributed by atoms with E-state index in [1.165, 1.54) is 38.5 Å². The molecule has 0 aliphatic heterocycles. The molecule has 0 bridgehead atoms. The fourth-order valence-corrected chi connectivity index (χ4v) is 3.17. The quantitative estimate of drug-likeness (QED) is 0.343. The molecule has 0 aromatic rings. The van der Waals surface area contributed by atoms with Crippen LogP contribution < -0.4 is 0 Å². The Morgan fingerprint density at radius 3 is 1.81 bits per heavy atom. The van der Waals surface area contributed by atoms with Gasteiger partial charge in [-0.15, -0.1) is 0 Å². The second-order valence-electron chi connectivity index (χ2n) is 5.72. The summed E-state index contributed by atoms with van der Waals surface area (Å²) in [5.41, 5.74) is 0. The second kappa shape index (κ2) is 17.8. The van der Waals surface area contributed by atoms with Crippen LogP contribution in [0.3, 0.4) is 0 Å². The van der Waals surface area contributed by atoms with E-state index >= 15 is 0 Å². The van der Waals surface area contributed by atoms with Crippen molar-refractivity contribution < 1.29 is 0 Å². The number of hydrogen-bond donors (Lipinski definition) is 0. The lowest BCUT2D eigenvalue weighted by Gasteiger charge is -2.36. The standard InChI is InChI=1S/C16H30.2C2H6.CH4/c1-5-7-8-10-15-12-11-13(3)14(4)16(15)9-6-2;2*1-2;/h11-16H,5-10H2,1-4H3;2*1-2H3;1H4. The molecule has 0 saturated heterocycles. The smallest absolute Gasteiger partial charge is 0.0202 e. The van der Waals surface area contributed by atoms with Gasteiger partial charge in [-0.25, -0.2) is 0 Å². The first-order valence-electron chi connectivity index (χ1n) is 9.39. The van der Waals surface area contributed by atoms with E-state index in [1.54, 1.807) is 0 Å². The zero-order valence-corrected chi connectivity index (χ0v) is 15.7. The molecule has 0 heteroatoms. The van der Waals surface area contributed by atoms with Gasteiger partial charge in [-0.2, -0.15) is 0 Å². The van der Waals surface area contributed by atoms with Crippen molar-refractivity contribution in [1.29, 1.82) is 0 Å². The summed E-state index contributed by atoms with van der Waals surface area (Å²) in [4.78, 5) is 0. The van der Waals surface area contributed by atoms with Crippen LogP contribution >= 0.6 is 0 Å². The minimum absolute atomic E-state index is 0. The Bertz CT molecular complexity index is 204. The van der Waals surface area contributed by atoms with Gasteiger partial charge < -0.3 is 0 Å². The van der Waals surface area contributed by atoms with E-state index in [9.17, 15) is 0 Å². The lowest BCUT2D eigenvalue weighted by molar-refractivity contribution is 0.193. The molecule has 0 saturated carbocycles. The summed E-state index contributed by atoms with van der Waals surface area (Å²) >= 11 is 0. The second-order valence-corrected chi connectivity index (χ2v) is 5.72. The molecule has 0 heterocycles. The van der Waals surface area contributed by atoms with E-state index in [0.29, 0.717) is 0 Å². The van der Waals surface area contributed by atoms with Gasteiger partial charge in [-0.1, -0.05) is 101 Å². The predicted octanol–water partition coefficient (Wildman–Crippen LogP) is 8.13. The molecule has 1 aliphatic rings. The van der Waals surface area contributed by atoms with Crippen LogP contribution in [-0.2, 0) is 0 Å². The molecule has 0 fully saturated rings. The Labute approximate surface area is 137 Å². The SMILES string of the molecule is C.CC.CC.CCCCCC1C=CC(C)C(C)C1CCC. The van der Waals surface area contributed by atoms with Gasteiger partial charge in [-0.3, -0.25) is 0 Å². The summed E-state index contributed by atoms with van der Waals surface area (Å²) < 4.78 is 0. The zero-order chi connectivity index (χ0) is 16.0. The van der Waals surface area contributed by atoms with Crippen LogP contribution in [0.1, 0.15) is 101 Å². The van der Waals surface area contributed by atoms with Gasteiger partial charge in [0.1, 0.15) is 0 Å². The van der Waals surface area contributed by atoms with Gasteiger partial charge >= 0.3 is 0 Å². The molecule has 4 atom stereocenters. The first kappa shape index (κ1) is 25.7. The molecule has 0 radical (unpaired) electrons. The highest BCUT2D eigenvalue weighted by molar-refractivity contribution is 5.02. The van der Waals surface area contributed by atoms with Gasteiger partial charge in [0.2, 0.25) is 0 Å². The lowest BCUT2D eigenvalue weighted by Crippen LogP contribution is -2.28. The predicted molar refractivity (Wildman–Crippen MR) is 103 cm³/mol. The number of unbranched alkanes of at least 4 members (excludes halogenated alkanes) is 2. The third-order valence-electron chi connectivity index (χ3n) is 4.48. The van der Waals surface area contributed by atoms with Crippen LogP contribution in [-0.4, -0.2) is 0 Å². The van der Waals surface area contributed by atoms with Gasteiger partial charge in [0.25, 0.3) is 0 Å². The normalized spacial score (nSPS) is 26.7. The van der Waals surface area contributed by atoms with E-state index in [0.717, 1.165) is 23.7 Å². The summed E-state index contributed by atoms with van der Waals surface area (Å²) in [5, 5.41) is 0. The Morgan fingerprint density at radius 1 is 0.762 bits per heavy atom. The molecule has 0 N–H and O–H groups in total. The van der Waals surface area contributed by atoms with Crippen LogP contribution in [0.4, 0.5) is 0 Å². The average molecular weight is 299 g/mol. The highest BCUT2D eigenvalue weighted by Gasteiger charge is 2.29. The van der Waals surface area contributed by atoms with Gasteiger partial charge in [-0.05, 0) is 36.5 Å². The minimum atomic E-state index is 0. The van der Waals surface area contributed by atoms with Gasteiger partial charge in [0.15, 0.2) is 0 Å². The van der Waals surface area contributed by atoms with Crippen molar-refractivity contribution in [3.05, 3.63) is 12.2 Å². The molecule has 0 amide bonds. The monoisotopic (exact) mass is 298 g/mol. The third kappa shape index (κ3) is 10.1. The van der Waals surface area contributed by atoms with Crippen LogP contribution in [0.25, 0.3) is 0 Å². The van der Waals surface area contributed by atoms with Crippen molar-refractivity contribution in [3.63, 3.8) is 0 Å². The molecule has 21 heavy (non-hydrogen) atoms. The molecule has 1 aliphatic carbocycles. The number of allylic oxidation sites excluding steroid dienone is 2. The fourth-order valence-electron chi connectivity index (χ4n) is 3.17. The molecule has 0 nitrogen and oxygen atoms in total. The maximum absolute atomic E-state index is 2.53. The van der Waals surface area contributed by atoms with E-state index in [-0.39, 0.29) is 7.43 Å². The Kier molecular flexibility index (Phi) is 21.8. The van der Waals surface area contributed by atoms with Gasteiger partial charge in [0.05, 0.1) is 0 Å². The first-order chi connectivity index (χ1) is 9.70. The maximum atomic E-state index is 2.53. The highest BCUT2D eigenvalue weighted by Crippen LogP contribution is 2.39. The van der Waals surface area contributed by atoms with Crippen molar-refractivity contribution in [2.24, 2.45) is 23.7 Å². The lowest BCUT2D eigenvalue weighted by atomic mass is 9.69. The summed E-state index contributed by atoms with van der Waals surface area (Å²) in [6, 6.07) is 0. The van der Waals surface area contributed by atoms with Crippen LogP contribution in [0, 0.1) is 23.7 Å².